The Hall–Kier alpha value is -2.54. The van der Waals surface area contributed by atoms with Gasteiger partial charge in [0.25, 0.3) is 0 Å². The van der Waals surface area contributed by atoms with Crippen LogP contribution in [0, 0.1) is 0 Å². The lowest BCUT2D eigenvalue weighted by molar-refractivity contribution is 0.0527. The molecule has 156 valence electrons. The zero-order chi connectivity index (χ0) is 21.1. The highest BCUT2D eigenvalue weighted by atomic mass is 35.5. The molecule has 2 aromatic carbocycles. The van der Waals surface area contributed by atoms with E-state index in [1.165, 1.54) is 6.20 Å². The van der Waals surface area contributed by atoms with Gasteiger partial charge in [-0.05, 0) is 37.3 Å². The van der Waals surface area contributed by atoms with Crippen LogP contribution in [0.15, 0.2) is 42.6 Å². The minimum absolute atomic E-state index is 0.266. The van der Waals surface area contributed by atoms with Crippen LogP contribution in [-0.2, 0) is 9.47 Å². The fraction of sp³-hybridized carbons (Fsp3) is 0.273. The summed E-state index contributed by atoms with van der Waals surface area (Å²) in [7, 11) is 0. The molecule has 0 bridgehead atoms. The van der Waals surface area contributed by atoms with Crippen LogP contribution < -0.4 is 10.2 Å². The predicted octanol–water partition coefficient (Wildman–Crippen LogP) is 5.30. The minimum Gasteiger partial charge on any atom is -0.462 e. The zero-order valence-corrected chi connectivity index (χ0v) is 18.0. The quantitative estimate of drug-likeness (QED) is 0.537. The third-order valence-electron chi connectivity index (χ3n) is 4.93. The van der Waals surface area contributed by atoms with Gasteiger partial charge in [-0.15, -0.1) is 0 Å². The van der Waals surface area contributed by atoms with Gasteiger partial charge >= 0.3 is 5.97 Å². The smallest absolute Gasteiger partial charge is 0.341 e. The number of rotatable bonds is 5. The number of anilines is 3. The average Bonchev–Trinajstić information content (AvgIpc) is 2.77. The Morgan fingerprint density at radius 1 is 1.23 bits per heavy atom. The van der Waals surface area contributed by atoms with Crippen LogP contribution >= 0.6 is 23.2 Å². The Balaban J connectivity index is 1.86. The predicted molar refractivity (Wildman–Crippen MR) is 120 cm³/mol. The fourth-order valence-corrected chi connectivity index (χ4v) is 3.78. The molecule has 1 aliphatic heterocycles. The summed E-state index contributed by atoms with van der Waals surface area (Å²) in [6.45, 7) is 5.01. The van der Waals surface area contributed by atoms with Crippen molar-refractivity contribution < 1.29 is 14.3 Å². The molecule has 3 aromatic rings. The first kappa shape index (κ1) is 20.7. The van der Waals surface area contributed by atoms with Crippen molar-refractivity contribution in [1.82, 2.24) is 4.98 Å². The molecule has 1 aliphatic rings. The van der Waals surface area contributed by atoms with E-state index in [9.17, 15) is 4.79 Å². The molecular formula is C22H21Cl2N3O3. The Morgan fingerprint density at radius 3 is 2.80 bits per heavy atom. The molecule has 0 saturated carbocycles. The number of fused-ring (bicyclic) bond motifs is 1. The Bertz CT molecular complexity index is 1080. The molecule has 0 unspecified atom stereocenters. The van der Waals surface area contributed by atoms with Gasteiger partial charge in [-0.3, -0.25) is 4.98 Å². The number of nitrogens with zero attached hydrogens (tertiary/aromatic N) is 2. The second-order valence-corrected chi connectivity index (χ2v) is 7.58. The number of benzene rings is 2. The van der Waals surface area contributed by atoms with Gasteiger partial charge in [0.2, 0.25) is 0 Å². The molecule has 30 heavy (non-hydrogen) atoms. The highest BCUT2D eigenvalue weighted by molar-refractivity contribution is 6.43. The summed E-state index contributed by atoms with van der Waals surface area (Å²) in [6.07, 6.45) is 1.52. The molecule has 4 rings (SSSR count). The van der Waals surface area contributed by atoms with Crippen molar-refractivity contribution >= 4 is 57.1 Å². The number of hydrogen-bond donors (Lipinski definition) is 1. The number of nitrogens with one attached hydrogen (secondary N) is 1. The van der Waals surface area contributed by atoms with E-state index in [0.29, 0.717) is 40.2 Å². The van der Waals surface area contributed by atoms with E-state index in [1.807, 2.05) is 18.2 Å². The van der Waals surface area contributed by atoms with Crippen LogP contribution in [-0.4, -0.2) is 43.9 Å². The largest absolute Gasteiger partial charge is 0.462 e. The van der Waals surface area contributed by atoms with E-state index in [4.69, 9.17) is 32.7 Å². The van der Waals surface area contributed by atoms with Crippen molar-refractivity contribution in [2.45, 2.75) is 6.92 Å². The number of morpholine rings is 1. The maximum absolute atomic E-state index is 12.6. The zero-order valence-electron chi connectivity index (χ0n) is 16.5. The molecule has 1 aromatic heterocycles. The van der Waals surface area contributed by atoms with Gasteiger partial charge in [-0.1, -0.05) is 29.3 Å². The number of carbonyl (C=O) groups excluding carboxylic acids is 1. The summed E-state index contributed by atoms with van der Waals surface area (Å²) < 4.78 is 10.7. The van der Waals surface area contributed by atoms with Crippen molar-refractivity contribution in [2.75, 3.05) is 43.1 Å². The van der Waals surface area contributed by atoms with Crippen LogP contribution in [0.3, 0.4) is 0 Å². The number of pyridine rings is 1. The van der Waals surface area contributed by atoms with Crippen LogP contribution in [0.25, 0.3) is 10.9 Å². The molecule has 0 amide bonds. The number of esters is 1. The molecule has 1 N–H and O–H groups in total. The third kappa shape index (κ3) is 4.17. The molecule has 0 radical (unpaired) electrons. The lowest BCUT2D eigenvalue weighted by atomic mass is 10.1. The van der Waals surface area contributed by atoms with Gasteiger partial charge in [0.15, 0.2) is 0 Å². The Kier molecular flexibility index (Phi) is 6.27. The summed E-state index contributed by atoms with van der Waals surface area (Å²) in [5.41, 5.74) is 3.30. The standard InChI is InChI=1S/C22H21Cl2N3O3/c1-2-30-22(28)16-13-25-18-7-6-14(27-8-10-29-11-9-27)12-15(18)21(16)26-19-5-3-4-17(23)20(19)24/h3-7,12-13H,2,8-11H2,1H3,(H,25,26). The first-order valence-corrected chi connectivity index (χ1v) is 10.5. The maximum Gasteiger partial charge on any atom is 0.341 e. The van der Waals surface area contributed by atoms with Gasteiger partial charge in [-0.2, -0.15) is 0 Å². The van der Waals surface area contributed by atoms with E-state index in [-0.39, 0.29) is 6.61 Å². The fourth-order valence-electron chi connectivity index (χ4n) is 3.43. The van der Waals surface area contributed by atoms with Crippen LogP contribution in [0.1, 0.15) is 17.3 Å². The molecule has 1 saturated heterocycles. The summed E-state index contributed by atoms with van der Waals surface area (Å²) in [4.78, 5) is 19.4. The SMILES string of the molecule is CCOC(=O)c1cnc2ccc(N3CCOCC3)cc2c1Nc1cccc(Cl)c1Cl. The van der Waals surface area contributed by atoms with Crippen LogP contribution in [0.5, 0.6) is 0 Å². The Morgan fingerprint density at radius 2 is 2.03 bits per heavy atom. The molecule has 6 nitrogen and oxygen atoms in total. The topological polar surface area (TPSA) is 63.7 Å². The van der Waals surface area contributed by atoms with Gasteiger partial charge in [-0.25, -0.2) is 4.79 Å². The van der Waals surface area contributed by atoms with Gasteiger partial charge < -0.3 is 19.7 Å². The number of aromatic nitrogens is 1. The monoisotopic (exact) mass is 445 g/mol. The number of carbonyl (C=O) groups is 1. The average molecular weight is 446 g/mol. The molecular weight excluding hydrogens is 425 g/mol. The summed E-state index contributed by atoms with van der Waals surface area (Å²) >= 11 is 12.6. The molecule has 8 heteroatoms. The van der Waals surface area contributed by atoms with Crippen molar-refractivity contribution in [3.05, 3.63) is 58.2 Å². The minimum atomic E-state index is -0.454. The van der Waals surface area contributed by atoms with Gasteiger partial charge in [0.1, 0.15) is 5.56 Å². The van der Waals surface area contributed by atoms with Crippen molar-refractivity contribution in [3.63, 3.8) is 0 Å². The lowest BCUT2D eigenvalue weighted by Gasteiger charge is -2.29. The summed E-state index contributed by atoms with van der Waals surface area (Å²) in [6, 6.07) is 11.3. The van der Waals surface area contributed by atoms with E-state index in [1.54, 1.807) is 25.1 Å². The third-order valence-corrected chi connectivity index (χ3v) is 5.75. The van der Waals surface area contributed by atoms with Crippen molar-refractivity contribution in [1.29, 1.82) is 0 Å². The normalized spacial score (nSPS) is 14.0. The van der Waals surface area contributed by atoms with Crippen LogP contribution in [0.2, 0.25) is 10.0 Å². The second-order valence-electron chi connectivity index (χ2n) is 6.79. The first-order chi connectivity index (χ1) is 14.6. The van der Waals surface area contributed by atoms with Gasteiger partial charge in [0.05, 0.1) is 46.8 Å². The van der Waals surface area contributed by atoms with Crippen molar-refractivity contribution in [2.24, 2.45) is 0 Å². The molecule has 2 heterocycles. The van der Waals surface area contributed by atoms with Gasteiger partial charge in [0, 0.05) is 30.4 Å². The number of ether oxygens (including phenoxy) is 2. The second kappa shape index (κ2) is 9.08. The molecule has 0 aliphatic carbocycles. The molecule has 1 fully saturated rings. The molecule has 0 spiro atoms. The highest BCUT2D eigenvalue weighted by Gasteiger charge is 2.20. The first-order valence-electron chi connectivity index (χ1n) is 9.72. The number of hydrogen-bond acceptors (Lipinski definition) is 6. The molecule has 0 atom stereocenters. The highest BCUT2D eigenvalue weighted by Crippen LogP contribution is 2.36. The van der Waals surface area contributed by atoms with E-state index in [0.717, 1.165) is 29.7 Å². The number of halogens is 2. The Labute approximate surface area is 184 Å². The summed E-state index contributed by atoms with van der Waals surface area (Å²) in [5, 5.41) is 4.89. The van der Waals surface area contributed by atoms with E-state index >= 15 is 0 Å². The van der Waals surface area contributed by atoms with E-state index < -0.39 is 5.97 Å². The summed E-state index contributed by atoms with van der Waals surface area (Å²) in [5.74, 6) is -0.454. The lowest BCUT2D eigenvalue weighted by Crippen LogP contribution is -2.36. The van der Waals surface area contributed by atoms with Crippen LogP contribution in [0.4, 0.5) is 17.1 Å². The maximum atomic E-state index is 12.6. The van der Waals surface area contributed by atoms with Crippen molar-refractivity contribution in [3.8, 4) is 0 Å². The van der Waals surface area contributed by atoms with E-state index in [2.05, 4.69) is 15.2 Å².